The van der Waals surface area contributed by atoms with Gasteiger partial charge in [0.15, 0.2) is 0 Å². The summed E-state index contributed by atoms with van der Waals surface area (Å²) in [5, 5.41) is 0.00227. The number of rotatable bonds is 3. The molecular formula is C10H4ClF7O. The second-order valence-electron chi connectivity index (χ2n) is 3.48. The van der Waals surface area contributed by atoms with Crippen molar-refractivity contribution in [1.82, 2.24) is 0 Å². The molecule has 0 aromatic heterocycles. The van der Waals surface area contributed by atoms with Crippen LogP contribution in [0.4, 0.5) is 30.7 Å². The number of carbonyl (C=O) groups is 1. The largest absolute Gasteiger partial charge is 0.460 e. The van der Waals surface area contributed by atoms with Crippen LogP contribution in [0.1, 0.15) is 10.4 Å². The Morgan fingerprint density at radius 3 is 1.68 bits per heavy atom. The average molecular weight is 309 g/mol. The molecule has 1 nitrogen and oxygen atoms in total. The Morgan fingerprint density at radius 2 is 1.32 bits per heavy atom. The third kappa shape index (κ3) is 2.68. The van der Waals surface area contributed by atoms with E-state index in [1.54, 1.807) is 0 Å². The molecule has 0 aliphatic carbocycles. The first kappa shape index (κ1) is 15.7. The van der Waals surface area contributed by atoms with E-state index in [0.717, 1.165) is 12.1 Å². The number of alkyl halides is 7. The Morgan fingerprint density at radius 1 is 0.895 bits per heavy atom. The number of hydrogen-bond acceptors (Lipinski definition) is 1. The fourth-order valence-corrected chi connectivity index (χ4v) is 1.23. The molecule has 1 aromatic carbocycles. The molecule has 9 heteroatoms. The molecular weight excluding hydrogens is 305 g/mol. The van der Waals surface area contributed by atoms with E-state index in [2.05, 4.69) is 0 Å². The van der Waals surface area contributed by atoms with Gasteiger partial charge >= 0.3 is 18.0 Å². The Hall–Kier alpha value is -1.31. The molecule has 0 aliphatic heterocycles. The first-order chi connectivity index (χ1) is 8.41. The van der Waals surface area contributed by atoms with Crippen molar-refractivity contribution in [3.05, 3.63) is 34.9 Å². The van der Waals surface area contributed by atoms with E-state index in [-0.39, 0.29) is 5.02 Å². The van der Waals surface area contributed by atoms with Crippen LogP contribution >= 0.6 is 11.6 Å². The Bertz CT molecular complexity index is 478. The molecule has 106 valence electrons. The van der Waals surface area contributed by atoms with Gasteiger partial charge in [-0.25, -0.2) is 0 Å². The highest BCUT2D eigenvalue weighted by atomic mass is 35.5. The van der Waals surface area contributed by atoms with Crippen LogP contribution in [0.3, 0.4) is 0 Å². The van der Waals surface area contributed by atoms with E-state index in [4.69, 9.17) is 11.6 Å². The van der Waals surface area contributed by atoms with Gasteiger partial charge in [-0.15, -0.1) is 0 Å². The predicted molar refractivity (Wildman–Crippen MR) is 51.7 cm³/mol. The predicted octanol–water partition coefficient (Wildman–Crippen LogP) is 4.36. The number of Topliss-reactive ketones (excluding diaryl/α,β-unsaturated/α-hetero) is 1. The van der Waals surface area contributed by atoms with Crippen molar-refractivity contribution in [3.8, 4) is 0 Å². The second kappa shape index (κ2) is 4.66. The molecule has 1 rings (SSSR count). The first-order valence-electron chi connectivity index (χ1n) is 4.54. The molecule has 0 saturated heterocycles. The van der Waals surface area contributed by atoms with Crippen molar-refractivity contribution in [2.75, 3.05) is 0 Å². The fourth-order valence-electron chi connectivity index (χ4n) is 1.10. The molecule has 19 heavy (non-hydrogen) atoms. The van der Waals surface area contributed by atoms with E-state index < -0.39 is 29.4 Å². The maximum absolute atomic E-state index is 13.0. The zero-order valence-corrected chi connectivity index (χ0v) is 9.50. The van der Waals surface area contributed by atoms with Crippen LogP contribution in [0.15, 0.2) is 24.3 Å². The minimum atomic E-state index is -6.54. The van der Waals surface area contributed by atoms with Crippen LogP contribution in [-0.2, 0) is 0 Å². The van der Waals surface area contributed by atoms with Gasteiger partial charge in [-0.05, 0) is 24.3 Å². The van der Waals surface area contributed by atoms with E-state index >= 15 is 0 Å². The highest BCUT2D eigenvalue weighted by Crippen LogP contribution is 2.47. The summed E-state index contributed by atoms with van der Waals surface area (Å²) in [7, 11) is 0. The normalized spacial score (nSPS) is 13.5. The van der Waals surface area contributed by atoms with Crippen molar-refractivity contribution < 1.29 is 35.5 Å². The summed E-state index contributed by atoms with van der Waals surface area (Å²) < 4.78 is 86.9. The van der Waals surface area contributed by atoms with Crippen LogP contribution in [0.5, 0.6) is 0 Å². The van der Waals surface area contributed by atoms with E-state index in [0.29, 0.717) is 12.1 Å². The number of benzene rings is 1. The number of carbonyl (C=O) groups excluding carboxylic acids is 1. The smallest absolute Gasteiger partial charge is 0.287 e. The zero-order chi connectivity index (χ0) is 15.1. The van der Waals surface area contributed by atoms with Gasteiger partial charge in [0.2, 0.25) is 5.78 Å². The lowest BCUT2D eigenvalue weighted by atomic mass is 10.00. The Kier molecular flexibility index (Phi) is 3.86. The highest BCUT2D eigenvalue weighted by Gasteiger charge is 2.76. The molecule has 0 unspecified atom stereocenters. The second-order valence-corrected chi connectivity index (χ2v) is 3.92. The highest BCUT2D eigenvalue weighted by molar-refractivity contribution is 6.30. The molecule has 0 atom stereocenters. The van der Waals surface area contributed by atoms with Crippen molar-refractivity contribution in [1.29, 1.82) is 0 Å². The zero-order valence-electron chi connectivity index (χ0n) is 8.74. The molecule has 0 aliphatic rings. The Balaban J connectivity index is 3.20. The Labute approximate surface area is 107 Å². The molecule has 0 saturated carbocycles. The fraction of sp³-hybridized carbons (Fsp3) is 0.300. The van der Waals surface area contributed by atoms with Crippen molar-refractivity contribution in [3.63, 3.8) is 0 Å². The van der Waals surface area contributed by atoms with Gasteiger partial charge in [0, 0.05) is 10.6 Å². The summed E-state index contributed by atoms with van der Waals surface area (Å²) in [6.45, 7) is 0. The van der Waals surface area contributed by atoms with Crippen LogP contribution in [0, 0.1) is 0 Å². The van der Waals surface area contributed by atoms with Gasteiger partial charge in [-0.1, -0.05) is 11.6 Å². The molecule has 0 fully saturated rings. The van der Waals surface area contributed by atoms with Gasteiger partial charge in [-0.2, -0.15) is 30.7 Å². The molecule has 0 amide bonds. The van der Waals surface area contributed by atoms with Crippen LogP contribution in [-0.4, -0.2) is 23.8 Å². The molecule has 0 heterocycles. The SMILES string of the molecule is O=C(c1ccc(Cl)cc1)C(F)(F)C(F)(F)C(F)(F)F. The summed E-state index contributed by atoms with van der Waals surface area (Å²) in [6.07, 6.45) is -6.54. The summed E-state index contributed by atoms with van der Waals surface area (Å²) in [4.78, 5) is 11.1. The van der Waals surface area contributed by atoms with Gasteiger partial charge in [0.25, 0.3) is 0 Å². The topological polar surface area (TPSA) is 17.1 Å². The molecule has 0 radical (unpaired) electrons. The monoisotopic (exact) mass is 308 g/mol. The number of ketones is 1. The van der Waals surface area contributed by atoms with Crippen LogP contribution < -0.4 is 0 Å². The average Bonchev–Trinajstić information content (AvgIpc) is 2.27. The van der Waals surface area contributed by atoms with Gasteiger partial charge in [0.1, 0.15) is 0 Å². The molecule has 1 aromatic rings. The lowest BCUT2D eigenvalue weighted by molar-refractivity contribution is -0.339. The number of hydrogen-bond donors (Lipinski definition) is 0. The summed E-state index contributed by atoms with van der Waals surface area (Å²) in [6, 6.07) is 3.09. The first-order valence-corrected chi connectivity index (χ1v) is 4.92. The summed E-state index contributed by atoms with van der Waals surface area (Å²) in [5.74, 6) is -15.0. The third-order valence-corrected chi connectivity index (χ3v) is 2.39. The maximum atomic E-state index is 13.0. The van der Waals surface area contributed by atoms with E-state index in [1.807, 2.05) is 0 Å². The summed E-state index contributed by atoms with van der Waals surface area (Å²) >= 11 is 5.37. The number of halogens is 8. The standard InChI is InChI=1S/C10H4ClF7O/c11-6-3-1-5(2-4-6)7(19)8(12,13)9(14,15)10(16,17)18/h1-4H. The molecule has 0 N–H and O–H groups in total. The minimum Gasteiger partial charge on any atom is -0.287 e. The molecule has 0 bridgehead atoms. The minimum absolute atomic E-state index is 0.00227. The van der Waals surface area contributed by atoms with E-state index in [1.165, 1.54) is 0 Å². The van der Waals surface area contributed by atoms with Crippen molar-refractivity contribution >= 4 is 17.4 Å². The van der Waals surface area contributed by atoms with Crippen LogP contribution in [0.25, 0.3) is 0 Å². The van der Waals surface area contributed by atoms with Crippen molar-refractivity contribution in [2.45, 2.75) is 18.0 Å². The van der Waals surface area contributed by atoms with Gasteiger partial charge < -0.3 is 0 Å². The third-order valence-electron chi connectivity index (χ3n) is 2.14. The summed E-state index contributed by atoms with van der Waals surface area (Å²) in [5.41, 5.74) is -1.00. The molecule has 0 spiro atoms. The van der Waals surface area contributed by atoms with E-state index in [9.17, 15) is 35.5 Å². The lowest BCUT2D eigenvalue weighted by Gasteiger charge is -2.26. The van der Waals surface area contributed by atoms with Crippen LogP contribution in [0.2, 0.25) is 5.02 Å². The van der Waals surface area contributed by atoms with Gasteiger partial charge in [0.05, 0.1) is 0 Å². The lowest BCUT2D eigenvalue weighted by Crippen LogP contribution is -2.56. The quantitative estimate of drug-likeness (QED) is 0.599. The van der Waals surface area contributed by atoms with Gasteiger partial charge in [-0.3, -0.25) is 4.79 Å². The maximum Gasteiger partial charge on any atom is 0.460 e. The van der Waals surface area contributed by atoms with Crippen molar-refractivity contribution in [2.24, 2.45) is 0 Å².